The minimum Gasteiger partial charge on any atom is -0.444 e. The second-order valence-corrected chi connectivity index (χ2v) is 6.12. The third-order valence-electron chi connectivity index (χ3n) is 2.25. The summed E-state index contributed by atoms with van der Waals surface area (Å²) in [5.74, 6) is 0. The molecule has 0 aliphatic rings. The van der Waals surface area contributed by atoms with E-state index in [-0.39, 0.29) is 6.54 Å². The molecule has 104 valence electrons. The van der Waals surface area contributed by atoms with Crippen molar-refractivity contribution in [2.75, 3.05) is 7.05 Å². The van der Waals surface area contributed by atoms with Gasteiger partial charge in [0.2, 0.25) is 0 Å². The lowest BCUT2D eigenvalue weighted by atomic mass is 10.2. The van der Waals surface area contributed by atoms with E-state index in [4.69, 9.17) is 4.74 Å². The zero-order chi connectivity index (χ0) is 14.6. The summed E-state index contributed by atoms with van der Waals surface area (Å²) in [6, 6.07) is 5.10. The van der Waals surface area contributed by atoms with Gasteiger partial charge in [-0.05, 0) is 44.1 Å². The van der Waals surface area contributed by atoms with Gasteiger partial charge in [0.25, 0.3) is 0 Å². The number of hydrogen-bond donors (Lipinski definition) is 0. The Hall–Kier alpha value is -1.43. The van der Waals surface area contributed by atoms with Crippen molar-refractivity contribution in [1.82, 2.24) is 4.90 Å². The van der Waals surface area contributed by atoms with Crippen LogP contribution in [0, 0.1) is 4.91 Å². The van der Waals surface area contributed by atoms with Crippen LogP contribution in [0.4, 0.5) is 10.5 Å². The van der Waals surface area contributed by atoms with Gasteiger partial charge >= 0.3 is 6.09 Å². The molecule has 0 saturated carbocycles. The van der Waals surface area contributed by atoms with E-state index >= 15 is 0 Å². The molecule has 0 bridgehead atoms. The molecule has 19 heavy (non-hydrogen) atoms. The molecule has 0 fully saturated rings. The number of hydrogen-bond acceptors (Lipinski definition) is 4. The molecule has 1 rings (SSSR count). The first-order valence-electron chi connectivity index (χ1n) is 5.79. The monoisotopic (exact) mass is 328 g/mol. The first-order chi connectivity index (χ1) is 8.73. The Morgan fingerprint density at radius 2 is 2.05 bits per heavy atom. The average Bonchev–Trinajstić information content (AvgIpc) is 2.27. The number of carbonyl (C=O) groups is 1. The highest BCUT2D eigenvalue weighted by Crippen LogP contribution is 2.25. The van der Waals surface area contributed by atoms with Crippen molar-refractivity contribution in [3.05, 3.63) is 33.1 Å². The van der Waals surface area contributed by atoms with Crippen molar-refractivity contribution in [1.29, 1.82) is 0 Å². The molecule has 1 aromatic rings. The SMILES string of the molecule is CN(Cc1cc(Br)ccc1N=O)C(=O)OC(C)(C)C. The Balaban J connectivity index is 2.82. The molecule has 0 saturated heterocycles. The van der Waals surface area contributed by atoms with Gasteiger partial charge < -0.3 is 9.64 Å². The second kappa shape index (κ2) is 6.14. The first-order valence-corrected chi connectivity index (χ1v) is 6.58. The summed E-state index contributed by atoms with van der Waals surface area (Å²) >= 11 is 3.32. The topological polar surface area (TPSA) is 59.0 Å². The summed E-state index contributed by atoms with van der Waals surface area (Å²) in [6.07, 6.45) is -0.440. The van der Waals surface area contributed by atoms with Gasteiger partial charge in [0.1, 0.15) is 11.3 Å². The molecule has 1 aromatic carbocycles. The van der Waals surface area contributed by atoms with E-state index in [1.54, 1.807) is 46.0 Å². The van der Waals surface area contributed by atoms with Gasteiger partial charge in [-0.2, -0.15) is 0 Å². The van der Waals surface area contributed by atoms with Gasteiger partial charge in [0.15, 0.2) is 0 Å². The van der Waals surface area contributed by atoms with E-state index in [0.29, 0.717) is 11.3 Å². The van der Waals surface area contributed by atoms with E-state index < -0.39 is 11.7 Å². The summed E-state index contributed by atoms with van der Waals surface area (Å²) in [5, 5.41) is 2.95. The highest BCUT2D eigenvalue weighted by Gasteiger charge is 2.20. The zero-order valence-corrected chi connectivity index (χ0v) is 13.0. The lowest BCUT2D eigenvalue weighted by Gasteiger charge is -2.24. The molecular weight excluding hydrogens is 312 g/mol. The maximum Gasteiger partial charge on any atom is 0.410 e. The summed E-state index contributed by atoms with van der Waals surface area (Å²) < 4.78 is 6.07. The minimum atomic E-state index is -0.547. The lowest BCUT2D eigenvalue weighted by molar-refractivity contribution is 0.0285. The fourth-order valence-electron chi connectivity index (χ4n) is 1.43. The number of amides is 1. The van der Waals surface area contributed by atoms with Crippen LogP contribution in [-0.4, -0.2) is 23.6 Å². The van der Waals surface area contributed by atoms with Gasteiger partial charge in [-0.3, -0.25) is 0 Å². The maximum atomic E-state index is 11.8. The number of nitroso groups, excluding NO2 is 1. The molecule has 0 unspecified atom stereocenters. The molecule has 0 atom stereocenters. The van der Waals surface area contributed by atoms with Crippen LogP contribution < -0.4 is 0 Å². The smallest absolute Gasteiger partial charge is 0.410 e. The standard InChI is InChI=1S/C13H17BrN2O3/c1-13(2,3)19-12(17)16(4)8-9-7-10(14)5-6-11(9)15-18/h5-7H,8H2,1-4H3. The fraction of sp³-hybridized carbons (Fsp3) is 0.462. The second-order valence-electron chi connectivity index (χ2n) is 5.20. The predicted molar refractivity (Wildman–Crippen MR) is 77.3 cm³/mol. The predicted octanol–water partition coefficient (Wildman–Crippen LogP) is 4.21. The van der Waals surface area contributed by atoms with Crippen LogP contribution in [0.5, 0.6) is 0 Å². The van der Waals surface area contributed by atoms with E-state index in [2.05, 4.69) is 21.1 Å². The molecule has 0 spiro atoms. The van der Waals surface area contributed by atoms with Crippen LogP contribution in [0.3, 0.4) is 0 Å². The van der Waals surface area contributed by atoms with Crippen LogP contribution in [0.1, 0.15) is 26.3 Å². The van der Waals surface area contributed by atoms with Gasteiger partial charge in [0.05, 0.1) is 6.54 Å². The van der Waals surface area contributed by atoms with Crippen molar-refractivity contribution >= 4 is 27.7 Å². The molecule has 1 amide bonds. The molecule has 0 aliphatic carbocycles. The van der Waals surface area contributed by atoms with Crippen LogP contribution >= 0.6 is 15.9 Å². The summed E-state index contributed by atoms with van der Waals surface area (Å²) in [5.41, 5.74) is 0.435. The van der Waals surface area contributed by atoms with E-state index in [1.165, 1.54) is 4.90 Å². The maximum absolute atomic E-state index is 11.8. The van der Waals surface area contributed by atoms with Gasteiger partial charge in [0, 0.05) is 17.1 Å². The third-order valence-corrected chi connectivity index (χ3v) is 2.75. The summed E-state index contributed by atoms with van der Waals surface area (Å²) in [4.78, 5) is 24.0. The van der Waals surface area contributed by atoms with Gasteiger partial charge in [-0.1, -0.05) is 15.9 Å². The van der Waals surface area contributed by atoms with Crippen LogP contribution in [-0.2, 0) is 11.3 Å². The van der Waals surface area contributed by atoms with Crippen LogP contribution in [0.15, 0.2) is 27.8 Å². The summed E-state index contributed by atoms with van der Waals surface area (Å²) in [6.45, 7) is 5.66. The summed E-state index contributed by atoms with van der Waals surface area (Å²) in [7, 11) is 1.61. The molecule has 0 N–H and O–H groups in total. The lowest BCUT2D eigenvalue weighted by Crippen LogP contribution is -2.33. The molecule has 0 aromatic heterocycles. The Bertz CT molecular complexity index is 483. The van der Waals surface area contributed by atoms with E-state index in [1.807, 2.05) is 0 Å². The molecule has 0 heterocycles. The van der Waals surface area contributed by atoms with E-state index in [9.17, 15) is 9.70 Å². The molecule has 0 aliphatic heterocycles. The fourth-order valence-corrected chi connectivity index (χ4v) is 1.84. The number of benzene rings is 1. The Morgan fingerprint density at radius 1 is 1.42 bits per heavy atom. The number of carbonyl (C=O) groups excluding carboxylic acids is 1. The van der Waals surface area contributed by atoms with Crippen molar-refractivity contribution in [2.45, 2.75) is 32.9 Å². The first kappa shape index (κ1) is 15.6. The number of halogens is 1. The number of ether oxygens (including phenoxy) is 1. The molecule has 6 heteroatoms. The largest absolute Gasteiger partial charge is 0.444 e. The Kier molecular flexibility index (Phi) is 5.05. The van der Waals surface area contributed by atoms with Gasteiger partial charge in [-0.15, -0.1) is 4.91 Å². The van der Waals surface area contributed by atoms with E-state index in [0.717, 1.165) is 4.47 Å². The van der Waals surface area contributed by atoms with Crippen molar-refractivity contribution in [2.24, 2.45) is 5.18 Å². The molecule has 5 nitrogen and oxygen atoms in total. The quantitative estimate of drug-likeness (QED) is 0.780. The normalized spacial score (nSPS) is 11.0. The third kappa shape index (κ3) is 4.98. The number of nitrogens with zero attached hydrogens (tertiary/aromatic N) is 2. The van der Waals surface area contributed by atoms with Crippen molar-refractivity contribution in [3.63, 3.8) is 0 Å². The number of rotatable bonds is 3. The van der Waals surface area contributed by atoms with Gasteiger partial charge in [-0.25, -0.2) is 4.79 Å². The van der Waals surface area contributed by atoms with Crippen molar-refractivity contribution in [3.8, 4) is 0 Å². The van der Waals surface area contributed by atoms with Crippen LogP contribution in [0.25, 0.3) is 0 Å². The van der Waals surface area contributed by atoms with Crippen LogP contribution in [0.2, 0.25) is 0 Å². The minimum absolute atomic E-state index is 0.259. The Morgan fingerprint density at radius 3 is 2.58 bits per heavy atom. The highest BCUT2D eigenvalue weighted by atomic mass is 79.9. The Labute approximate surface area is 121 Å². The van der Waals surface area contributed by atoms with Crippen molar-refractivity contribution < 1.29 is 9.53 Å². The highest BCUT2D eigenvalue weighted by molar-refractivity contribution is 9.10. The zero-order valence-electron chi connectivity index (χ0n) is 11.4. The molecule has 0 radical (unpaired) electrons. The average molecular weight is 329 g/mol. The molecular formula is C13H17BrN2O3.